The molecule has 1 saturated heterocycles. The van der Waals surface area contributed by atoms with Crippen LogP contribution in [0.5, 0.6) is 0 Å². The molecule has 1 rings (SSSR count). The summed E-state index contributed by atoms with van der Waals surface area (Å²) in [5.74, 6) is -1.56. The first-order valence-corrected chi connectivity index (χ1v) is 7.09. The Balaban J connectivity index is 2.53. The van der Waals surface area contributed by atoms with Crippen LogP contribution in [0.2, 0.25) is 0 Å². The van der Waals surface area contributed by atoms with Crippen LogP contribution in [0.1, 0.15) is 47.0 Å². The first kappa shape index (κ1) is 18.1. The van der Waals surface area contributed by atoms with E-state index in [-0.39, 0.29) is 32.4 Å². The summed E-state index contributed by atoms with van der Waals surface area (Å²) in [6.07, 6.45) is -4.87. The number of aliphatic hydroxyl groups is 1. The molecule has 0 spiro atoms. The zero-order chi connectivity index (χ0) is 16.5. The molecule has 1 unspecified atom stereocenters. The van der Waals surface area contributed by atoms with Gasteiger partial charge in [-0.05, 0) is 40.0 Å². The van der Waals surface area contributed by atoms with Crippen LogP contribution in [0.25, 0.3) is 0 Å². The van der Waals surface area contributed by atoms with Crippen LogP contribution in [0, 0.1) is 5.92 Å². The summed E-state index contributed by atoms with van der Waals surface area (Å²) in [6, 6.07) is 0. The Hall–Kier alpha value is -0.980. The van der Waals surface area contributed by atoms with Crippen molar-refractivity contribution in [3.8, 4) is 0 Å². The van der Waals surface area contributed by atoms with Gasteiger partial charge in [-0.25, -0.2) is 4.79 Å². The molecule has 0 radical (unpaired) electrons. The van der Waals surface area contributed by atoms with Crippen molar-refractivity contribution in [2.24, 2.45) is 5.92 Å². The van der Waals surface area contributed by atoms with E-state index in [9.17, 15) is 23.1 Å². The minimum atomic E-state index is -4.31. The highest BCUT2D eigenvalue weighted by atomic mass is 19.4. The summed E-state index contributed by atoms with van der Waals surface area (Å²) in [6.45, 7) is 6.72. The maximum absolute atomic E-state index is 12.6. The van der Waals surface area contributed by atoms with Crippen molar-refractivity contribution in [1.29, 1.82) is 0 Å². The van der Waals surface area contributed by atoms with E-state index in [1.165, 1.54) is 4.90 Å². The fraction of sp³-hybridized carbons (Fsp3) is 0.929. The molecule has 0 aromatic carbocycles. The Morgan fingerprint density at radius 2 is 1.76 bits per heavy atom. The van der Waals surface area contributed by atoms with Gasteiger partial charge < -0.3 is 14.7 Å². The number of hydrogen-bond donors (Lipinski definition) is 1. The molecular formula is C14H24F3NO3. The number of nitrogens with zero attached hydrogens (tertiary/aromatic N) is 1. The number of ether oxygens (including phenoxy) is 1. The second-order valence-electron chi connectivity index (χ2n) is 6.84. The smallest absolute Gasteiger partial charge is 0.410 e. The molecule has 1 aliphatic heterocycles. The first-order chi connectivity index (χ1) is 9.32. The third kappa shape index (κ3) is 5.73. The maximum atomic E-state index is 12.6. The Morgan fingerprint density at radius 1 is 1.29 bits per heavy atom. The van der Waals surface area contributed by atoms with E-state index in [4.69, 9.17) is 4.74 Å². The highest BCUT2D eigenvalue weighted by molar-refractivity contribution is 5.68. The van der Waals surface area contributed by atoms with Crippen molar-refractivity contribution in [3.05, 3.63) is 0 Å². The molecule has 7 heteroatoms. The van der Waals surface area contributed by atoms with Gasteiger partial charge in [-0.3, -0.25) is 0 Å². The van der Waals surface area contributed by atoms with Gasteiger partial charge in [0.15, 0.2) is 0 Å². The van der Waals surface area contributed by atoms with E-state index >= 15 is 0 Å². The highest BCUT2D eigenvalue weighted by Gasteiger charge is 2.43. The fourth-order valence-corrected chi connectivity index (χ4v) is 2.32. The third-order valence-corrected chi connectivity index (χ3v) is 3.59. The molecule has 0 bridgehead atoms. The highest BCUT2D eigenvalue weighted by Crippen LogP contribution is 2.36. The summed E-state index contributed by atoms with van der Waals surface area (Å²) >= 11 is 0. The SMILES string of the molecule is CC(CC1(O)CCN(C(=O)OC(C)(C)C)CC1)C(F)(F)F. The van der Waals surface area contributed by atoms with Crippen molar-refractivity contribution >= 4 is 6.09 Å². The van der Waals surface area contributed by atoms with Gasteiger partial charge in [-0.15, -0.1) is 0 Å². The molecule has 1 heterocycles. The standard InChI is InChI=1S/C14H24F3NO3/c1-10(14(15,16)17)9-13(20)5-7-18(8-6-13)11(19)21-12(2,3)4/h10,20H,5-9H2,1-4H3. The van der Waals surface area contributed by atoms with Crippen LogP contribution in [0.15, 0.2) is 0 Å². The molecule has 4 nitrogen and oxygen atoms in total. The Morgan fingerprint density at radius 3 is 2.14 bits per heavy atom. The fourth-order valence-electron chi connectivity index (χ4n) is 2.32. The van der Waals surface area contributed by atoms with Crippen LogP contribution in [0.4, 0.5) is 18.0 Å². The molecule has 1 atom stereocenters. The summed E-state index contributed by atoms with van der Waals surface area (Å²) in [5, 5.41) is 10.3. The lowest BCUT2D eigenvalue weighted by molar-refractivity contribution is -0.187. The average molecular weight is 311 g/mol. The lowest BCUT2D eigenvalue weighted by Crippen LogP contribution is -2.49. The zero-order valence-corrected chi connectivity index (χ0v) is 13.0. The number of alkyl halides is 3. The normalized spacial score (nSPS) is 21.0. The Labute approximate surface area is 123 Å². The van der Waals surface area contributed by atoms with Crippen molar-refractivity contribution in [1.82, 2.24) is 4.90 Å². The van der Waals surface area contributed by atoms with Crippen molar-refractivity contribution in [2.45, 2.75) is 64.3 Å². The molecule has 0 aliphatic carbocycles. The van der Waals surface area contributed by atoms with Crippen molar-refractivity contribution in [2.75, 3.05) is 13.1 Å². The van der Waals surface area contributed by atoms with Crippen LogP contribution in [-0.2, 0) is 4.74 Å². The minimum absolute atomic E-state index is 0.132. The molecule has 0 aromatic heterocycles. The van der Waals surface area contributed by atoms with Gasteiger partial charge in [0, 0.05) is 13.1 Å². The summed E-state index contributed by atoms with van der Waals surface area (Å²) < 4.78 is 42.9. The lowest BCUT2D eigenvalue weighted by Gasteiger charge is -2.40. The molecule has 124 valence electrons. The summed E-state index contributed by atoms with van der Waals surface area (Å²) in [4.78, 5) is 13.3. The van der Waals surface area contributed by atoms with Crippen LogP contribution in [0.3, 0.4) is 0 Å². The molecule has 1 aliphatic rings. The monoisotopic (exact) mass is 311 g/mol. The minimum Gasteiger partial charge on any atom is -0.444 e. The predicted molar refractivity (Wildman–Crippen MR) is 71.8 cm³/mol. The Bertz CT molecular complexity index is 369. The summed E-state index contributed by atoms with van der Waals surface area (Å²) in [5.41, 5.74) is -1.98. The van der Waals surface area contributed by atoms with Crippen molar-refractivity contribution in [3.63, 3.8) is 0 Å². The molecule has 0 aromatic rings. The van der Waals surface area contributed by atoms with E-state index in [1.807, 2.05) is 0 Å². The van der Waals surface area contributed by atoms with E-state index in [1.54, 1.807) is 20.8 Å². The summed E-state index contributed by atoms with van der Waals surface area (Å²) in [7, 11) is 0. The molecule has 1 fully saturated rings. The van der Waals surface area contributed by atoms with Gasteiger partial charge in [0.2, 0.25) is 0 Å². The predicted octanol–water partition coefficient (Wildman–Crippen LogP) is 3.34. The first-order valence-electron chi connectivity index (χ1n) is 7.09. The number of hydrogen-bond acceptors (Lipinski definition) is 3. The quantitative estimate of drug-likeness (QED) is 0.851. The third-order valence-electron chi connectivity index (χ3n) is 3.59. The van der Waals surface area contributed by atoms with Gasteiger partial charge in [0.25, 0.3) is 0 Å². The van der Waals surface area contributed by atoms with Crippen LogP contribution in [-0.4, -0.2) is 46.6 Å². The maximum Gasteiger partial charge on any atom is 0.410 e. The number of carbonyl (C=O) groups excluding carboxylic acids is 1. The van der Waals surface area contributed by atoms with Crippen LogP contribution >= 0.6 is 0 Å². The topological polar surface area (TPSA) is 49.8 Å². The average Bonchev–Trinajstić information content (AvgIpc) is 2.25. The molecule has 21 heavy (non-hydrogen) atoms. The second kappa shape index (κ2) is 6.02. The largest absolute Gasteiger partial charge is 0.444 e. The van der Waals surface area contributed by atoms with E-state index in [0.29, 0.717) is 0 Å². The van der Waals surface area contributed by atoms with E-state index in [0.717, 1.165) is 6.92 Å². The van der Waals surface area contributed by atoms with Crippen molar-refractivity contribution < 1.29 is 27.8 Å². The number of halogens is 3. The van der Waals surface area contributed by atoms with E-state index in [2.05, 4.69) is 0 Å². The lowest BCUT2D eigenvalue weighted by atomic mass is 9.83. The zero-order valence-electron chi connectivity index (χ0n) is 13.0. The molecule has 1 amide bonds. The second-order valence-corrected chi connectivity index (χ2v) is 6.84. The Kier molecular flexibility index (Phi) is 5.18. The molecule has 0 saturated carbocycles. The number of rotatable bonds is 2. The van der Waals surface area contributed by atoms with Gasteiger partial charge in [-0.1, -0.05) is 6.92 Å². The number of piperidine rings is 1. The van der Waals surface area contributed by atoms with Gasteiger partial charge in [0.05, 0.1) is 11.5 Å². The van der Waals surface area contributed by atoms with Gasteiger partial charge in [0.1, 0.15) is 5.60 Å². The number of likely N-dealkylation sites (tertiary alicyclic amines) is 1. The van der Waals surface area contributed by atoms with E-state index < -0.39 is 29.4 Å². The molecular weight excluding hydrogens is 287 g/mol. The van der Waals surface area contributed by atoms with Gasteiger partial charge >= 0.3 is 12.3 Å². The number of carbonyl (C=O) groups is 1. The van der Waals surface area contributed by atoms with Crippen LogP contribution < -0.4 is 0 Å². The molecule has 1 N–H and O–H groups in total. The van der Waals surface area contributed by atoms with Gasteiger partial charge in [-0.2, -0.15) is 13.2 Å². The number of amides is 1.